The van der Waals surface area contributed by atoms with Gasteiger partial charge in [0.25, 0.3) is 5.91 Å². The minimum Gasteiger partial charge on any atom is -0.496 e. The van der Waals surface area contributed by atoms with E-state index in [-0.39, 0.29) is 29.4 Å². The molecule has 6 rings (SSSR count). The lowest BCUT2D eigenvalue weighted by molar-refractivity contribution is -0.123. The number of anilines is 1. The number of ether oxygens (including phenoxy) is 1. The Kier molecular flexibility index (Phi) is 5.39. The van der Waals surface area contributed by atoms with E-state index >= 15 is 0 Å². The summed E-state index contributed by atoms with van der Waals surface area (Å²) >= 11 is 0. The quantitative estimate of drug-likeness (QED) is 0.506. The fourth-order valence-electron chi connectivity index (χ4n) is 6.96. The number of aromatic amines is 1. The lowest BCUT2D eigenvalue weighted by Crippen LogP contribution is -2.44. The molecule has 0 bridgehead atoms. The number of rotatable bonds is 3. The number of carbonyl (C=O) groups excluding carboxylic acids is 3. The first-order chi connectivity index (χ1) is 17.4. The standard InChI is InChI=1S/C29H31N3O4/c1-16-10-17-14-29(20-6-3-4-7-22(20)32-28(29)35)15-18(17)12-25(33)23(11-16)31-27(34)24-13-19-21(30-24)8-5-9-26(19)36-2/h3-9,13,16-18,23,30H,10-12,14-15H2,1-2H3,(H,31,34)(H,32,35)/t16?,17-,18?,23+,29+/m1/s1. The molecule has 36 heavy (non-hydrogen) atoms. The minimum absolute atomic E-state index is 0.0577. The molecule has 3 aliphatic rings. The summed E-state index contributed by atoms with van der Waals surface area (Å²) in [6.45, 7) is 2.15. The van der Waals surface area contributed by atoms with Crippen molar-refractivity contribution in [3.63, 3.8) is 0 Å². The van der Waals surface area contributed by atoms with Gasteiger partial charge in [0.1, 0.15) is 11.4 Å². The molecule has 0 radical (unpaired) electrons. The summed E-state index contributed by atoms with van der Waals surface area (Å²) in [5.74, 6) is 1.23. The molecule has 3 aromatic rings. The van der Waals surface area contributed by atoms with E-state index < -0.39 is 11.5 Å². The molecule has 1 spiro atoms. The van der Waals surface area contributed by atoms with Crippen molar-refractivity contribution in [3.05, 3.63) is 59.8 Å². The highest BCUT2D eigenvalue weighted by molar-refractivity contribution is 6.06. The third-order valence-electron chi connectivity index (χ3n) is 8.60. The number of amides is 2. The second-order valence-electron chi connectivity index (χ2n) is 10.9. The van der Waals surface area contributed by atoms with Crippen LogP contribution in [-0.4, -0.2) is 35.7 Å². The lowest BCUT2D eigenvalue weighted by atomic mass is 9.78. The van der Waals surface area contributed by atoms with Gasteiger partial charge in [-0.3, -0.25) is 14.4 Å². The summed E-state index contributed by atoms with van der Waals surface area (Å²) < 4.78 is 5.41. The molecular formula is C29H31N3O4. The molecule has 3 N–H and O–H groups in total. The molecule has 2 unspecified atom stereocenters. The number of hydrogen-bond donors (Lipinski definition) is 3. The minimum atomic E-state index is -0.543. The second-order valence-corrected chi connectivity index (χ2v) is 10.9. The van der Waals surface area contributed by atoms with Crippen molar-refractivity contribution in [1.29, 1.82) is 0 Å². The zero-order chi connectivity index (χ0) is 25.0. The van der Waals surface area contributed by atoms with Gasteiger partial charge in [-0.1, -0.05) is 31.2 Å². The van der Waals surface area contributed by atoms with Gasteiger partial charge in [0.2, 0.25) is 5.91 Å². The SMILES string of the molecule is COc1cccc2[nH]c(C(=O)N[C@H]3CC(C)C[C@@H]4C[C@@]5(CC4CC3=O)C(=O)Nc3ccccc35)cc12. The number of aromatic nitrogens is 1. The van der Waals surface area contributed by atoms with Gasteiger partial charge in [0.15, 0.2) is 5.78 Å². The van der Waals surface area contributed by atoms with E-state index in [4.69, 9.17) is 4.74 Å². The number of para-hydroxylation sites is 1. The number of hydrogen-bond acceptors (Lipinski definition) is 4. The van der Waals surface area contributed by atoms with Gasteiger partial charge in [-0.05, 0) is 73.3 Å². The van der Waals surface area contributed by atoms with Crippen molar-refractivity contribution in [1.82, 2.24) is 10.3 Å². The van der Waals surface area contributed by atoms with Crippen molar-refractivity contribution in [2.45, 2.75) is 50.5 Å². The Morgan fingerprint density at radius 2 is 1.86 bits per heavy atom. The van der Waals surface area contributed by atoms with Crippen molar-refractivity contribution in [2.24, 2.45) is 17.8 Å². The second kappa shape index (κ2) is 8.50. The summed E-state index contributed by atoms with van der Waals surface area (Å²) in [6.07, 6.45) is 3.41. The molecule has 186 valence electrons. The summed E-state index contributed by atoms with van der Waals surface area (Å²) in [7, 11) is 1.60. The highest BCUT2D eigenvalue weighted by Gasteiger charge is 2.55. The maximum absolute atomic E-state index is 13.5. The van der Waals surface area contributed by atoms with E-state index in [9.17, 15) is 14.4 Å². The molecule has 2 saturated carbocycles. The van der Waals surface area contributed by atoms with Crippen molar-refractivity contribution >= 4 is 34.2 Å². The highest BCUT2D eigenvalue weighted by atomic mass is 16.5. The summed E-state index contributed by atoms with van der Waals surface area (Å²) in [5.41, 5.74) is 2.65. The summed E-state index contributed by atoms with van der Waals surface area (Å²) in [4.78, 5) is 42.9. The summed E-state index contributed by atoms with van der Waals surface area (Å²) in [5, 5.41) is 6.91. The van der Waals surface area contributed by atoms with E-state index in [1.54, 1.807) is 13.2 Å². The van der Waals surface area contributed by atoms with E-state index in [2.05, 4.69) is 28.6 Å². The first kappa shape index (κ1) is 22.8. The van der Waals surface area contributed by atoms with Crippen LogP contribution in [0.15, 0.2) is 48.5 Å². The maximum atomic E-state index is 13.5. The number of carbonyl (C=O) groups is 3. The van der Waals surface area contributed by atoms with Crippen LogP contribution < -0.4 is 15.4 Å². The monoisotopic (exact) mass is 485 g/mol. The molecule has 1 aromatic heterocycles. The van der Waals surface area contributed by atoms with Gasteiger partial charge in [0.05, 0.1) is 18.6 Å². The Balaban J connectivity index is 1.22. The topological polar surface area (TPSA) is 100 Å². The van der Waals surface area contributed by atoms with Crippen LogP contribution in [0.5, 0.6) is 5.75 Å². The van der Waals surface area contributed by atoms with Gasteiger partial charge in [-0.15, -0.1) is 0 Å². The van der Waals surface area contributed by atoms with Gasteiger partial charge < -0.3 is 20.4 Å². The molecule has 7 heteroatoms. The lowest BCUT2D eigenvalue weighted by Gasteiger charge is -2.30. The van der Waals surface area contributed by atoms with Crippen molar-refractivity contribution in [2.75, 3.05) is 12.4 Å². The third kappa shape index (κ3) is 3.60. The number of methoxy groups -OCH3 is 1. The van der Waals surface area contributed by atoms with Crippen LogP contribution in [0.3, 0.4) is 0 Å². The first-order valence-electron chi connectivity index (χ1n) is 12.8. The first-order valence-corrected chi connectivity index (χ1v) is 12.8. The molecule has 7 nitrogen and oxygen atoms in total. The van der Waals surface area contributed by atoms with Crippen LogP contribution in [-0.2, 0) is 15.0 Å². The predicted octanol–water partition coefficient (Wildman–Crippen LogP) is 4.58. The predicted molar refractivity (Wildman–Crippen MR) is 137 cm³/mol. The molecule has 2 fully saturated rings. The Morgan fingerprint density at radius 3 is 2.69 bits per heavy atom. The zero-order valence-electron chi connectivity index (χ0n) is 20.6. The van der Waals surface area contributed by atoms with Crippen LogP contribution in [0.25, 0.3) is 10.9 Å². The fraction of sp³-hybridized carbons (Fsp3) is 0.414. The Labute approximate surface area is 210 Å². The van der Waals surface area contributed by atoms with Crippen LogP contribution >= 0.6 is 0 Å². The van der Waals surface area contributed by atoms with Crippen molar-refractivity contribution in [3.8, 4) is 5.75 Å². The van der Waals surface area contributed by atoms with Gasteiger partial charge in [-0.25, -0.2) is 0 Å². The van der Waals surface area contributed by atoms with Gasteiger partial charge >= 0.3 is 0 Å². The highest BCUT2D eigenvalue weighted by Crippen LogP contribution is 2.56. The molecule has 0 saturated heterocycles. The van der Waals surface area contributed by atoms with Crippen LogP contribution in [0.2, 0.25) is 0 Å². The van der Waals surface area contributed by atoms with Crippen LogP contribution in [0.4, 0.5) is 5.69 Å². The maximum Gasteiger partial charge on any atom is 0.268 e. The van der Waals surface area contributed by atoms with Crippen LogP contribution in [0, 0.1) is 17.8 Å². The number of Topliss-reactive ketones (excluding diaryl/α,β-unsaturated/α-hetero) is 1. The van der Waals surface area contributed by atoms with E-state index in [0.29, 0.717) is 36.6 Å². The molecule has 2 aromatic carbocycles. The number of H-pyrrole nitrogens is 1. The number of nitrogens with one attached hydrogen (secondary N) is 3. The third-order valence-corrected chi connectivity index (χ3v) is 8.60. The Bertz CT molecular complexity index is 1380. The molecular weight excluding hydrogens is 454 g/mol. The molecule has 1 aliphatic heterocycles. The molecule has 2 aliphatic carbocycles. The number of benzene rings is 2. The van der Waals surface area contributed by atoms with Crippen molar-refractivity contribution < 1.29 is 19.1 Å². The van der Waals surface area contributed by atoms with Gasteiger partial charge in [-0.2, -0.15) is 0 Å². The van der Waals surface area contributed by atoms with Gasteiger partial charge in [0, 0.05) is 23.0 Å². The fourth-order valence-corrected chi connectivity index (χ4v) is 6.96. The molecule has 5 atom stereocenters. The average Bonchev–Trinajstić information content (AvgIpc) is 3.52. The summed E-state index contributed by atoms with van der Waals surface area (Å²) in [6, 6.07) is 14.8. The molecule has 2 heterocycles. The van der Waals surface area contributed by atoms with Crippen LogP contribution in [0.1, 0.15) is 55.1 Å². The largest absolute Gasteiger partial charge is 0.496 e. The average molecular weight is 486 g/mol. The van der Waals surface area contributed by atoms with E-state index in [0.717, 1.165) is 35.0 Å². The number of ketones is 1. The number of fused-ring (bicyclic) bond motifs is 4. The normalized spacial score (nSPS) is 29.4. The Morgan fingerprint density at radius 1 is 1.06 bits per heavy atom. The Hall–Kier alpha value is -3.61. The molecule has 2 amide bonds. The smallest absolute Gasteiger partial charge is 0.268 e. The zero-order valence-corrected chi connectivity index (χ0v) is 20.6. The van der Waals surface area contributed by atoms with E-state index in [1.165, 1.54) is 0 Å². The van der Waals surface area contributed by atoms with E-state index in [1.807, 2.05) is 36.4 Å².